The Balaban J connectivity index is 2.13. The monoisotopic (exact) mass is 350 g/mol. The second-order valence-electron chi connectivity index (χ2n) is 5.86. The first-order chi connectivity index (χ1) is 10.7. The molecule has 0 aliphatic heterocycles. The topological polar surface area (TPSA) is 51.2 Å². The minimum atomic E-state index is -4.28. The van der Waals surface area contributed by atoms with E-state index < -0.39 is 24.0 Å². The molecule has 1 amide bonds. The van der Waals surface area contributed by atoms with Crippen LogP contribution < -0.4 is 5.32 Å². The van der Waals surface area contributed by atoms with Crippen LogP contribution in [0.2, 0.25) is 0 Å². The van der Waals surface area contributed by atoms with E-state index in [1.807, 2.05) is 0 Å². The summed E-state index contributed by atoms with van der Waals surface area (Å²) in [6, 6.07) is -0.860. The molecule has 1 aromatic rings. The van der Waals surface area contributed by atoms with Crippen LogP contribution in [0.5, 0.6) is 0 Å². The maximum atomic E-state index is 13.1. The normalized spacial score (nSPS) is 23.6. The average Bonchev–Trinajstić information content (AvgIpc) is 2.88. The zero-order chi connectivity index (χ0) is 17.2. The van der Waals surface area contributed by atoms with Crippen LogP contribution in [0.1, 0.15) is 59.1 Å². The minimum Gasteiger partial charge on any atom is -0.375 e. The van der Waals surface area contributed by atoms with Crippen molar-refractivity contribution in [2.45, 2.75) is 57.9 Å². The first-order valence-corrected chi connectivity index (χ1v) is 8.43. The van der Waals surface area contributed by atoms with E-state index in [9.17, 15) is 18.0 Å². The number of nitrogens with zero attached hydrogens (tertiary/aromatic N) is 1. The fourth-order valence-electron chi connectivity index (χ4n) is 2.83. The highest BCUT2D eigenvalue weighted by Gasteiger charge is 2.46. The molecular weight excluding hydrogens is 329 g/mol. The van der Waals surface area contributed by atoms with Gasteiger partial charge in [-0.3, -0.25) is 4.79 Å². The molecule has 130 valence electrons. The second kappa shape index (κ2) is 7.17. The maximum absolute atomic E-state index is 13.1. The van der Waals surface area contributed by atoms with Crippen LogP contribution in [0.3, 0.4) is 0 Å². The largest absolute Gasteiger partial charge is 0.393 e. The molecule has 0 radical (unpaired) electrons. The number of nitrogens with one attached hydrogen (secondary N) is 1. The van der Waals surface area contributed by atoms with Crippen LogP contribution in [-0.4, -0.2) is 30.2 Å². The number of alkyl halides is 3. The molecule has 2 rings (SSSR count). The smallest absolute Gasteiger partial charge is 0.375 e. The van der Waals surface area contributed by atoms with Crippen molar-refractivity contribution in [2.24, 2.45) is 5.92 Å². The number of carbonyl (C=O) groups excluding carboxylic acids is 1. The molecule has 1 aliphatic rings. The van der Waals surface area contributed by atoms with Gasteiger partial charge < -0.3 is 10.1 Å². The van der Waals surface area contributed by atoms with Crippen LogP contribution in [-0.2, 0) is 4.74 Å². The lowest BCUT2D eigenvalue weighted by molar-refractivity contribution is -0.187. The standard InChI is InChI=1S/C15H21F3N2O2S/c1-8-12(23-14(19-8)9(2)22-3)13(21)20-11-7-5-4-6-10(11)15(16,17)18/h9-11H,4-7H2,1-3H3,(H,20,21)/t9?,10-,11+/m0/s1. The summed E-state index contributed by atoms with van der Waals surface area (Å²) in [5.41, 5.74) is 0.519. The molecule has 1 fully saturated rings. The van der Waals surface area contributed by atoms with Gasteiger partial charge >= 0.3 is 6.18 Å². The van der Waals surface area contributed by atoms with Gasteiger partial charge in [0.2, 0.25) is 0 Å². The van der Waals surface area contributed by atoms with Crippen molar-refractivity contribution >= 4 is 17.2 Å². The highest BCUT2D eigenvalue weighted by Crippen LogP contribution is 2.38. The molecule has 23 heavy (non-hydrogen) atoms. The number of hydrogen-bond acceptors (Lipinski definition) is 4. The first-order valence-electron chi connectivity index (χ1n) is 7.61. The molecule has 4 nitrogen and oxygen atoms in total. The van der Waals surface area contributed by atoms with Crippen molar-refractivity contribution < 1.29 is 22.7 Å². The molecule has 1 N–H and O–H groups in total. The summed E-state index contributed by atoms with van der Waals surface area (Å²) in [5, 5.41) is 3.22. The number of aryl methyl sites for hydroxylation is 1. The second-order valence-corrected chi connectivity index (χ2v) is 6.89. The lowest BCUT2D eigenvalue weighted by atomic mass is 9.84. The molecule has 1 aliphatic carbocycles. The van der Waals surface area contributed by atoms with Gasteiger partial charge in [0.25, 0.3) is 5.91 Å². The summed E-state index contributed by atoms with van der Waals surface area (Å²) in [6.45, 7) is 3.49. The van der Waals surface area contributed by atoms with Crippen LogP contribution >= 0.6 is 11.3 Å². The fourth-order valence-corrected chi connectivity index (χ4v) is 3.83. The quantitative estimate of drug-likeness (QED) is 0.893. The molecule has 0 spiro atoms. The van der Waals surface area contributed by atoms with Crippen LogP contribution in [0.15, 0.2) is 0 Å². The highest BCUT2D eigenvalue weighted by molar-refractivity contribution is 7.13. The molecule has 0 aromatic carbocycles. The third-order valence-electron chi connectivity index (χ3n) is 4.22. The van der Waals surface area contributed by atoms with Crippen molar-refractivity contribution in [1.82, 2.24) is 10.3 Å². The van der Waals surface area contributed by atoms with Gasteiger partial charge in [-0.1, -0.05) is 12.8 Å². The lowest BCUT2D eigenvalue weighted by Crippen LogP contribution is -2.47. The average molecular weight is 350 g/mol. The number of methoxy groups -OCH3 is 1. The van der Waals surface area contributed by atoms with Gasteiger partial charge in [0.05, 0.1) is 11.6 Å². The zero-order valence-corrected chi connectivity index (χ0v) is 14.2. The van der Waals surface area contributed by atoms with E-state index in [0.717, 1.165) is 0 Å². The third-order valence-corrected chi connectivity index (χ3v) is 5.54. The summed E-state index contributed by atoms with van der Waals surface area (Å²) in [6.07, 6.45) is -2.86. The Labute approximate surface area is 137 Å². The Morgan fingerprint density at radius 1 is 1.39 bits per heavy atom. The van der Waals surface area contributed by atoms with Crippen LogP contribution in [0.4, 0.5) is 13.2 Å². The SMILES string of the molecule is COC(C)c1nc(C)c(C(=O)N[C@@H]2CCCC[C@@H]2C(F)(F)F)s1. The third kappa shape index (κ3) is 4.23. The molecule has 1 unspecified atom stereocenters. The van der Waals surface area contributed by atoms with Gasteiger partial charge in [-0.2, -0.15) is 13.2 Å². The van der Waals surface area contributed by atoms with E-state index in [1.165, 1.54) is 18.4 Å². The predicted octanol–water partition coefficient (Wildman–Crippen LogP) is 4.01. The van der Waals surface area contributed by atoms with E-state index in [-0.39, 0.29) is 12.5 Å². The summed E-state index contributed by atoms with van der Waals surface area (Å²) >= 11 is 1.17. The summed E-state index contributed by atoms with van der Waals surface area (Å²) in [7, 11) is 1.54. The fraction of sp³-hybridized carbons (Fsp3) is 0.733. The number of ether oxygens (including phenoxy) is 1. The molecule has 1 saturated carbocycles. The van der Waals surface area contributed by atoms with Crippen molar-refractivity contribution in [3.63, 3.8) is 0 Å². The minimum absolute atomic E-state index is 0.0715. The number of thiazole rings is 1. The summed E-state index contributed by atoms with van der Waals surface area (Å²) in [4.78, 5) is 17.0. The van der Waals surface area contributed by atoms with Gasteiger partial charge in [-0.05, 0) is 26.7 Å². The van der Waals surface area contributed by atoms with Gasteiger partial charge in [-0.25, -0.2) is 4.98 Å². The van der Waals surface area contributed by atoms with Gasteiger partial charge in [0, 0.05) is 13.2 Å². The molecule has 0 saturated heterocycles. The molecule has 1 heterocycles. The number of amides is 1. The van der Waals surface area contributed by atoms with E-state index in [1.54, 1.807) is 13.8 Å². The van der Waals surface area contributed by atoms with E-state index >= 15 is 0 Å². The summed E-state index contributed by atoms with van der Waals surface area (Å²) in [5.74, 6) is -1.94. The van der Waals surface area contributed by atoms with Gasteiger partial charge in [0.1, 0.15) is 16.0 Å². The van der Waals surface area contributed by atoms with Crippen LogP contribution in [0, 0.1) is 12.8 Å². The van der Waals surface area contributed by atoms with E-state index in [4.69, 9.17) is 4.74 Å². The highest BCUT2D eigenvalue weighted by atomic mass is 32.1. The van der Waals surface area contributed by atoms with E-state index in [2.05, 4.69) is 10.3 Å². The van der Waals surface area contributed by atoms with Gasteiger partial charge in [0.15, 0.2) is 0 Å². The Morgan fingerprint density at radius 2 is 2.04 bits per heavy atom. The maximum Gasteiger partial charge on any atom is 0.393 e. The molecular formula is C15H21F3N2O2S. The summed E-state index contributed by atoms with van der Waals surface area (Å²) < 4.78 is 44.5. The van der Waals surface area contributed by atoms with Crippen molar-refractivity contribution in [3.8, 4) is 0 Å². The number of aromatic nitrogens is 1. The molecule has 1 aromatic heterocycles. The van der Waals surface area contributed by atoms with Crippen molar-refractivity contribution in [1.29, 1.82) is 0 Å². The Morgan fingerprint density at radius 3 is 2.65 bits per heavy atom. The first kappa shape index (κ1) is 18.2. The lowest BCUT2D eigenvalue weighted by Gasteiger charge is -2.33. The Bertz CT molecular complexity index is 559. The number of rotatable bonds is 4. The zero-order valence-electron chi connectivity index (χ0n) is 13.4. The van der Waals surface area contributed by atoms with Gasteiger partial charge in [-0.15, -0.1) is 11.3 Å². The Hall–Kier alpha value is -1.15. The van der Waals surface area contributed by atoms with Crippen molar-refractivity contribution in [3.05, 3.63) is 15.6 Å². The van der Waals surface area contributed by atoms with Crippen molar-refractivity contribution in [2.75, 3.05) is 7.11 Å². The van der Waals surface area contributed by atoms with Crippen LogP contribution in [0.25, 0.3) is 0 Å². The number of hydrogen-bond donors (Lipinski definition) is 1. The number of carbonyl (C=O) groups is 1. The Kier molecular flexibility index (Phi) is 5.67. The molecule has 8 heteroatoms. The molecule has 3 atom stereocenters. The number of halogens is 3. The predicted molar refractivity (Wildman–Crippen MR) is 81.5 cm³/mol. The van der Waals surface area contributed by atoms with E-state index in [0.29, 0.717) is 34.8 Å². The molecule has 0 bridgehead atoms.